The molecule has 5 nitrogen and oxygen atoms in total. The van der Waals surface area contributed by atoms with Gasteiger partial charge in [-0.05, 0) is 30.4 Å². The summed E-state index contributed by atoms with van der Waals surface area (Å²) in [5.74, 6) is -0.130. The SMILES string of the molecule is Cc1ccccc1C1CC(=NN=C(N)N)c2c(C(F)(F)F)coc2C1. The number of hydrogen-bond donors (Lipinski definition) is 2. The molecule has 1 atom stereocenters. The first-order chi connectivity index (χ1) is 11.8. The third kappa shape index (κ3) is 3.38. The number of halogens is 3. The van der Waals surface area contributed by atoms with E-state index in [2.05, 4.69) is 10.2 Å². The van der Waals surface area contributed by atoms with Crippen LogP contribution in [0, 0.1) is 6.92 Å². The largest absolute Gasteiger partial charge is 0.468 e. The number of fused-ring (bicyclic) bond motifs is 1. The summed E-state index contributed by atoms with van der Waals surface area (Å²) >= 11 is 0. The van der Waals surface area contributed by atoms with Gasteiger partial charge in [0.1, 0.15) is 17.6 Å². The van der Waals surface area contributed by atoms with E-state index < -0.39 is 11.7 Å². The van der Waals surface area contributed by atoms with Gasteiger partial charge in [0.25, 0.3) is 0 Å². The van der Waals surface area contributed by atoms with Crippen molar-refractivity contribution in [3.8, 4) is 0 Å². The van der Waals surface area contributed by atoms with E-state index in [1.165, 1.54) is 0 Å². The summed E-state index contributed by atoms with van der Waals surface area (Å²) < 4.78 is 45.0. The van der Waals surface area contributed by atoms with Crippen LogP contribution in [0.3, 0.4) is 0 Å². The number of guanidine groups is 1. The van der Waals surface area contributed by atoms with Crippen LogP contribution in [0.25, 0.3) is 0 Å². The maximum absolute atomic E-state index is 13.3. The molecule has 4 N–H and O–H groups in total. The lowest BCUT2D eigenvalue weighted by Gasteiger charge is -2.25. The average molecular weight is 350 g/mol. The van der Waals surface area contributed by atoms with Crippen LogP contribution in [0.1, 0.15) is 40.4 Å². The molecule has 25 heavy (non-hydrogen) atoms. The fourth-order valence-electron chi connectivity index (χ4n) is 3.18. The summed E-state index contributed by atoms with van der Waals surface area (Å²) in [6, 6.07) is 7.72. The second kappa shape index (κ2) is 6.27. The zero-order valence-electron chi connectivity index (χ0n) is 13.5. The Hall–Kier alpha value is -2.77. The summed E-state index contributed by atoms with van der Waals surface area (Å²) in [7, 11) is 0. The van der Waals surface area contributed by atoms with Crippen LogP contribution in [0.2, 0.25) is 0 Å². The van der Waals surface area contributed by atoms with Gasteiger partial charge in [-0.25, -0.2) is 0 Å². The molecule has 1 aliphatic carbocycles. The Kier molecular flexibility index (Phi) is 4.28. The number of furan rings is 1. The van der Waals surface area contributed by atoms with Crippen LogP contribution >= 0.6 is 0 Å². The number of benzene rings is 1. The molecule has 0 amide bonds. The standard InChI is InChI=1S/C17H17F3N4O/c1-9-4-2-3-5-11(9)10-6-13(23-24-16(21)22)15-12(17(18,19)20)8-25-14(15)7-10/h2-5,8,10H,6-7H2,1H3,(H4,21,22,24). The van der Waals surface area contributed by atoms with Gasteiger partial charge < -0.3 is 15.9 Å². The van der Waals surface area contributed by atoms with Crippen molar-refractivity contribution in [3.63, 3.8) is 0 Å². The topological polar surface area (TPSA) is 89.9 Å². The molecule has 0 bridgehead atoms. The minimum absolute atomic E-state index is 0.0534. The van der Waals surface area contributed by atoms with Crippen molar-refractivity contribution in [2.75, 3.05) is 0 Å². The number of hydrogen-bond acceptors (Lipinski definition) is 3. The average Bonchev–Trinajstić information content (AvgIpc) is 2.97. The number of nitrogens with zero attached hydrogens (tertiary/aromatic N) is 2. The van der Waals surface area contributed by atoms with Crippen molar-refractivity contribution in [2.45, 2.75) is 31.9 Å². The summed E-state index contributed by atoms with van der Waals surface area (Å²) in [6.07, 6.45) is -3.16. The van der Waals surface area contributed by atoms with Crippen LogP contribution in [0.4, 0.5) is 13.2 Å². The van der Waals surface area contributed by atoms with Crippen molar-refractivity contribution in [3.05, 3.63) is 58.5 Å². The van der Waals surface area contributed by atoms with E-state index in [-0.39, 0.29) is 35.3 Å². The van der Waals surface area contributed by atoms with Gasteiger partial charge in [0.2, 0.25) is 5.96 Å². The van der Waals surface area contributed by atoms with Crippen molar-refractivity contribution in [1.29, 1.82) is 0 Å². The number of aryl methyl sites for hydroxylation is 1. The fraction of sp³-hybridized carbons (Fsp3) is 0.294. The first kappa shape index (κ1) is 17.1. The Morgan fingerprint density at radius 2 is 1.92 bits per heavy atom. The van der Waals surface area contributed by atoms with Gasteiger partial charge in [0.15, 0.2) is 0 Å². The lowest BCUT2D eigenvalue weighted by molar-refractivity contribution is -0.138. The van der Waals surface area contributed by atoms with E-state index in [0.717, 1.165) is 17.4 Å². The van der Waals surface area contributed by atoms with Crippen LogP contribution in [0.15, 0.2) is 45.1 Å². The van der Waals surface area contributed by atoms with E-state index in [4.69, 9.17) is 15.9 Å². The van der Waals surface area contributed by atoms with Gasteiger partial charge in [0.05, 0.1) is 11.3 Å². The quantitative estimate of drug-likeness (QED) is 0.495. The molecule has 8 heteroatoms. The molecule has 2 aromatic rings. The maximum atomic E-state index is 13.3. The van der Waals surface area contributed by atoms with E-state index in [9.17, 15) is 13.2 Å². The van der Waals surface area contributed by atoms with Gasteiger partial charge >= 0.3 is 6.18 Å². The van der Waals surface area contributed by atoms with E-state index >= 15 is 0 Å². The minimum Gasteiger partial charge on any atom is -0.468 e. The molecule has 0 saturated carbocycles. The highest BCUT2D eigenvalue weighted by Gasteiger charge is 2.41. The lowest BCUT2D eigenvalue weighted by atomic mass is 9.80. The van der Waals surface area contributed by atoms with Crippen molar-refractivity contribution in [1.82, 2.24) is 0 Å². The van der Waals surface area contributed by atoms with Crippen LogP contribution < -0.4 is 11.5 Å². The second-order valence-corrected chi connectivity index (χ2v) is 5.98. The molecule has 1 aliphatic rings. The monoisotopic (exact) mass is 350 g/mol. The molecule has 0 fully saturated rings. The summed E-state index contributed by atoms with van der Waals surface area (Å²) in [6.45, 7) is 1.96. The third-order valence-electron chi connectivity index (χ3n) is 4.25. The predicted octanol–water partition coefficient (Wildman–Crippen LogP) is 3.31. The van der Waals surface area contributed by atoms with Gasteiger partial charge in [-0.15, -0.1) is 5.10 Å². The minimum atomic E-state index is -4.54. The van der Waals surface area contributed by atoms with E-state index in [1.807, 2.05) is 31.2 Å². The Balaban J connectivity index is 2.10. The predicted molar refractivity (Wildman–Crippen MR) is 88.3 cm³/mol. The highest BCUT2D eigenvalue weighted by Crippen LogP contribution is 2.42. The van der Waals surface area contributed by atoms with Crippen LogP contribution in [0.5, 0.6) is 0 Å². The highest BCUT2D eigenvalue weighted by atomic mass is 19.4. The maximum Gasteiger partial charge on any atom is 0.420 e. The number of nitrogens with two attached hydrogens (primary N) is 2. The number of alkyl halides is 3. The van der Waals surface area contributed by atoms with Crippen LogP contribution in [-0.2, 0) is 12.6 Å². The molecule has 132 valence electrons. The third-order valence-corrected chi connectivity index (χ3v) is 4.25. The Morgan fingerprint density at radius 1 is 1.20 bits per heavy atom. The molecule has 1 aromatic carbocycles. The molecule has 0 spiro atoms. The molecule has 1 aromatic heterocycles. The first-order valence-electron chi connectivity index (χ1n) is 7.66. The fourth-order valence-corrected chi connectivity index (χ4v) is 3.18. The van der Waals surface area contributed by atoms with Crippen molar-refractivity contribution >= 4 is 11.7 Å². The van der Waals surface area contributed by atoms with Crippen LogP contribution in [-0.4, -0.2) is 11.7 Å². The van der Waals surface area contributed by atoms with Gasteiger partial charge in [-0.2, -0.15) is 18.3 Å². The highest BCUT2D eigenvalue weighted by molar-refractivity contribution is 6.04. The summed E-state index contributed by atoms with van der Waals surface area (Å²) in [5, 5.41) is 7.42. The van der Waals surface area contributed by atoms with E-state index in [1.54, 1.807) is 0 Å². The van der Waals surface area contributed by atoms with Crippen molar-refractivity contribution in [2.24, 2.45) is 21.7 Å². The van der Waals surface area contributed by atoms with Gasteiger partial charge in [-0.1, -0.05) is 24.3 Å². The lowest BCUT2D eigenvalue weighted by Crippen LogP contribution is -2.24. The molecule has 1 unspecified atom stereocenters. The Bertz CT molecular complexity index is 848. The Morgan fingerprint density at radius 3 is 2.56 bits per heavy atom. The zero-order chi connectivity index (χ0) is 18.2. The number of rotatable bonds is 2. The summed E-state index contributed by atoms with van der Waals surface area (Å²) in [5.41, 5.74) is 11.9. The molecule has 0 aliphatic heterocycles. The zero-order valence-corrected chi connectivity index (χ0v) is 13.5. The van der Waals surface area contributed by atoms with E-state index in [0.29, 0.717) is 6.42 Å². The van der Waals surface area contributed by atoms with Gasteiger partial charge in [-0.3, -0.25) is 0 Å². The molecular weight excluding hydrogens is 333 g/mol. The first-order valence-corrected chi connectivity index (χ1v) is 7.66. The van der Waals surface area contributed by atoms with Gasteiger partial charge in [0, 0.05) is 6.42 Å². The molecule has 3 rings (SSSR count). The summed E-state index contributed by atoms with van der Waals surface area (Å²) in [4.78, 5) is 0. The molecule has 0 saturated heterocycles. The Labute approximate surface area is 142 Å². The van der Waals surface area contributed by atoms with Crippen molar-refractivity contribution < 1.29 is 17.6 Å². The normalized spacial score (nSPS) is 18.9. The smallest absolute Gasteiger partial charge is 0.420 e. The molecular formula is C17H17F3N4O. The molecule has 1 heterocycles. The second-order valence-electron chi connectivity index (χ2n) is 5.98. The molecule has 0 radical (unpaired) electrons.